The van der Waals surface area contributed by atoms with Crippen molar-refractivity contribution in [3.8, 4) is 22.4 Å². The summed E-state index contributed by atoms with van der Waals surface area (Å²) in [7, 11) is 3.50. The third-order valence-electron chi connectivity index (χ3n) is 8.87. The normalized spacial score (nSPS) is 13.1. The zero-order valence-electron chi connectivity index (χ0n) is 24.6. The highest BCUT2D eigenvalue weighted by Gasteiger charge is 2.40. The molecule has 7 aromatic rings. The summed E-state index contributed by atoms with van der Waals surface area (Å²) in [5.41, 5.74) is 10.3. The molecule has 0 atom stereocenters. The summed E-state index contributed by atoms with van der Waals surface area (Å²) < 4.78 is 0. The third kappa shape index (κ3) is 4.59. The molecule has 2 heterocycles. The van der Waals surface area contributed by atoms with Crippen molar-refractivity contribution in [2.75, 3.05) is 4.90 Å². The minimum Gasteiger partial charge on any atom is -0.306 e. The molecule has 1 aliphatic heterocycles. The number of pyridine rings is 1. The zero-order valence-corrected chi connectivity index (χ0v) is 27.6. The lowest BCUT2D eigenvalue weighted by molar-refractivity contribution is 0.634. The van der Waals surface area contributed by atoms with Gasteiger partial charge in [-0.3, -0.25) is 4.98 Å². The lowest BCUT2D eigenvalue weighted by atomic mass is 9.71. The van der Waals surface area contributed by atoms with Gasteiger partial charge in [0.05, 0.1) is 22.8 Å². The summed E-state index contributed by atoms with van der Waals surface area (Å²) in [5.74, 6) is 0. The number of rotatable bonds is 3. The standard InChI is InChI=1S/C40H30N2.HIS/c1-40(2)34-23-21-28-15-9-11-19-31(28)37(34)42(38-32-20-12-10-16-29(32)22-24-35(38)40)39-33(27-13-5-3-6-14-27)25-26-41-36(39)30-17-7-4-8-18-30;1-2/h3-26H,1-2H3;2H. The van der Waals surface area contributed by atoms with Crippen molar-refractivity contribution >= 4 is 69.6 Å². The van der Waals surface area contributed by atoms with Crippen molar-refractivity contribution in [1.82, 2.24) is 4.98 Å². The van der Waals surface area contributed by atoms with Gasteiger partial charge in [0.25, 0.3) is 0 Å². The largest absolute Gasteiger partial charge is 0.306 e. The average Bonchev–Trinajstić information content (AvgIpc) is 3.09. The van der Waals surface area contributed by atoms with Crippen LogP contribution in [-0.2, 0) is 5.41 Å². The molecule has 8 rings (SSSR count). The molecule has 0 aliphatic carbocycles. The van der Waals surface area contributed by atoms with Gasteiger partial charge < -0.3 is 4.90 Å². The monoisotopic (exact) mass is 698 g/mol. The Morgan fingerprint density at radius 1 is 0.523 bits per heavy atom. The number of fused-ring (bicyclic) bond motifs is 6. The molecule has 0 N–H and O–H groups in total. The van der Waals surface area contributed by atoms with E-state index in [0.29, 0.717) is 0 Å². The van der Waals surface area contributed by atoms with E-state index in [2.05, 4.69) is 168 Å². The topological polar surface area (TPSA) is 16.1 Å². The van der Waals surface area contributed by atoms with Gasteiger partial charge in [-0.05, 0) is 54.7 Å². The Morgan fingerprint density at radius 3 is 1.55 bits per heavy atom. The fourth-order valence-corrected chi connectivity index (χ4v) is 6.82. The Hall–Kier alpha value is -4.13. The molecule has 4 heteroatoms. The van der Waals surface area contributed by atoms with Gasteiger partial charge in [-0.15, -0.1) is 9.80 Å². The number of thiol groups is 1. The molecule has 0 spiro atoms. The molecule has 0 radical (unpaired) electrons. The van der Waals surface area contributed by atoms with Crippen LogP contribution in [0, 0.1) is 0 Å². The van der Waals surface area contributed by atoms with Gasteiger partial charge >= 0.3 is 0 Å². The highest BCUT2D eigenvalue weighted by molar-refractivity contribution is 14.2. The van der Waals surface area contributed by atoms with Crippen LogP contribution in [0.2, 0.25) is 0 Å². The molecule has 0 saturated heterocycles. The quantitative estimate of drug-likeness (QED) is 0.146. The average molecular weight is 699 g/mol. The van der Waals surface area contributed by atoms with Crippen LogP contribution in [0.1, 0.15) is 25.0 Å². The summed E-state index contributed by atoms with van der Waals surface area (Å²) in [6.07, 6.45) is 1.95. The molecule has 1 aliphatic rings. The van der Waals surface area contributed by atoms with Crippen molar-refractivity contribution in [1.29, 1.82) is 0 Å². The second-order valence-electron chi connectivity index (χ2n) is 11.6. The molecule has 6 aromatic carbocycles. The predicted octanol–water partition coefficient (Wildman–Crippen LogP) is 12.1. The summed E-state index contributed by atoms with van der Waals surface area (Å²) in [6.45, 7) is 4.73. The van der Waals surface area contributed by atoms with Crippen LogP contribution in [0.4, 0.5) is 17.1 Å². The SMILES string of the molecule is CC1(C)c2ccc3ccccc3c2N(c2c(-c3ccccc3)ccnc2-c2ccccc2)c2c1ccc1ccccc21.SI. The van der Waals surface area contributed by atoms with E-state index in [1.54, 1.807) is 0 Å². The van der Waals surface area contributed by atoms with Crippen LogP contribution >= 0.6 is 31.0 Å². The first-order chi connectivity index (χ1) is 21.6. The Morgan fingerprint density at radius 2 is 1.00 bits per heavy atom. The van der Waals surface area contributed by atoms with Crippen LogP contribution in [0.15, 0.2) is 146 Å². The zero-order chi connectivity index (χ0) is 30.3. The number of hydrogen-bond donors (Lipinski definition) is 1. The van der Waals surface area contributed by atoms with E-state index >= 15 is 0 Å². The van der Waals surface area contributed by atoms with Gasteiger partial charge in [0, 0.05) is 33.5 Å². The molecular weight excluding hydrogens is 667 g/mol. The van der Waals surface area contributed by atoms with Crippen molar-refractivity contribution in [2.45, 2.75) is 19.3 Å². The second-order valence-corrected chi connectivity index (χ2v) is 11.6. The van der Waals surface area contributed by atoms with E-state index in [-0.39, 0.29) is 5.41 Å². The van der Waals surface area contributed by atoms with Crippen LogP contribution < -0.4 is 4.90 Å². The number of nitrogens with zero attached hydrogens (tertiary/aromatic N) is 2. The van der Waals surface area contributed by atoms with Crippen LogP contribution in [0.5, 0.6) is 0 Å². The van der Waals surface area contributed by atoms with Crippen molar-refractivity contribution < 1.29 is 0 Å². The fourth-order valence-electron chi connectivity index (χ4n) is 6.82. The lowest BCUT2D eigenvalue weighted by Gasteiger charge is -2.44. The van der Waals surface area contributed by atoms with Crippen LogP contribution in [0.25, 0.3) is 43.9 Å². The summed E-state index contributed by atoms with van der Waals surface area (Å²) in [6, 6.07) is 50.3. The highest BCUT2D eigenvalue weighted by Crippen LogP contribution is 2.58. The summed E-state index contributed by atoms with van der Waals surface area (Å²) in [4.78, 5) is 7.65. The molecule has 44 heavy (non-hydrogen) atoms. The van der Waals surface area contributed by atoms with E-state index in [0.717, 1.165) is 22.5 Å². The van der Waals surface area contributed by atoms with E-state index in [4.69, 9.17) is 4.98 Å². The summed E-state index contributed by atoms with van der Waals surface area (Å²) in [5, 5.41) is 4.94. The Labute approximate surface area is 276 Å². The third-order valence-corrected chi connectivity index (χ3v) is 8.87. The predicted molar refractivity (Wildman–Crippen MR) is 200 cm³/mol. The maximum Gasteiger partial charge on any atom is 0.0948 e. The van der Waals surface area contributed by atoms with Gasteiger partial charge in [-0.2, -0.15) is 0 Å². The van der Waals surface area contributed by atoms with Gasteiger partial charge in [-0.1, -0.05) is 147 Å². The number of benzene rings is 6. The Balaban J connectivity index is 0.00000153. The first-order valence-corrected chi connectivity index (χ1v) is 18.0. The minimum atomic E-state index is -0.211. The van der Waals surface area contributed by atoms with Crippen LogP contribution in [-0.4, -0.2) is 4.98 Å². The summed E-state index contributed by atoms with van der Waals surface area (Å²) >= 11 is 1.84. The first kappa shape index (κ1) is 28.6. The molecule has 0 saturated carbocycles. The molecule has 214 valence electrons. The molecule has 2 nitrogen and oxygen atoms in total. The first-order valence-electron chi connectivity index (χ1n) is 14.7. The Kier molecular flexibility index (Phi) is 7.65. The van der Waals surface area contributed by atoms with Crippen molar-refractivity contribution in [3.63, 3.8) is 0 Å². The maximum absolute atomic E-state index is 5.11. The minimum absolute atomic E-state index is 0.211. The van der Waals surface area contributed by atoms with Crippen molar-refractivity contribution in [2.24, 2.45) is 0 Å². The number of hydrogen-bond acceptors (Lipinski definition) is 3. The van der Waals surface area contributed by atoms with E-state index in [1.807, 2.05) is 27.4 Å². The highest BCUT2D eigenvalue weighted by atomic mass is 127. The Bertz CT molecular complexity index is 1980. The van der Waals surface area contributed by atoms with Crippen LogP contribution in [0.3, 0.4) is 0 Å². The van der Waals surface area contributed by atoms with E-state index in [1.165, 1.54) is 49.6 Å². The molecule has 0 fully saturated rings. The van der Waals surface area contributed by atoms with Crippen molar-refractivity contribution in [3.05, 3.63) is 157 Å². The van der Waals surface area contributed by atoms with Gasteiger partial charge in [0.2, 0.25) is 0 Å². The van der Waals surface area contributed by atoms with E-state index in [9.17, 15) is 0 Å². The number of anilines is 3. The smallest absolute Gasteiger partial charge is 0.0948 e. The molecule has 1 aromatic heterocycles. The van der Waals surface area contributed by atoms with Gasteiger partial charge in [-0.25, -0.2) is 0 Å². The molecule has 0 unspecified atom stereocenters. The lowest BCUT2D eigenvalue weighted by Crippen LogP contribution is -2.31. The maximum atomic E-state index is 5.11. The fraction of sp³-hybridized carbons (Fsp3) is 0.0750. The molecule has 0 bridgehead atoms. The number of halogens is 1. The second kappa shape index (κ2) is 11.8. The molecular formula is C40H31IN2S. The van der Waals surface area contributed by atoms with Gasteiger partial charge in [0.1, 0.15) is 0 Å². The van der Waals surface area contributed by atoms with E-state index < -0.39 is 0 Å². The van der Waals surface area contributed by atoms with Gasteiger partial charge in [0.15, 0.2) is 0 Å². The molecule has 0 amide bonds. The number of aromatic nitrogens is 1.